The average Bonchev–Trinajstić information content (AvgIpc) is 2.74. The van der Waals surface area contributed by atoms with E-state index in [4.69, 9.17) is 0 Å². The smallest absolute Gasteiger partial charge is 0.241 e. The Hall–Kier alpha value is -1.29. The van der Waals surface area contributed by atoms with E-state index in [1.807, 2.05) is 17.0 Å². The van der Waals surface area contributed by atoms with Crippen molar-refractivity contribution in [3.05, 3.63) is 24.0 Å². The zero-order chi connectivity index (χ0) is 12.8. The van der Waals surface area contributed by atoms with Crippen molar-refractivity contribution in [3.63, 3.8) is 0 Å². The Morgan fingerprint density at radius 1 is 1.53 bits per heavy atom. The van der Waals surface area contributed by atoms with E-state index in [1.165, 1.54) is 5.56 Å². The van der Waals surface area contributed by atoms with Gasteiger partial charge in [-0.15, -0.1) is 0 Å². The SMILES string of the molecule is CCCNC(C)c1ccn(CC(=O)N(C)C)c1. The van der Waals surface area contributed by atoms with Crippen LogP contribution in [0.1, 0.15) is 31.9 Å². The van der Waals surface area contributed by atoms with Crippen LogP contribution in [0.2, 0.25) is 0 Å². The van der Waals surface area contributed by atoms with Gasteiger partial charge in [0.1, 0.15) is 6.54 Å². The van der Waals surface area contributed by atoms with Crippen LogP contribution in [0.5, 0.6) is 0 Å². The van der Waals surface area contributed by atoms with Crippen molar-refractivity contribution in [3.8, 4) is 0 Å². The molecule has 1 rings (SSSR count). The lowest BCUT2D eigenvalue weighted by molar-refractivity contribution is -0.129. The van der Waals surface area contributed by atoms with Gasteiger partial charge < -0.3 is 14.8 Å². The Bertz CT molecular complexity index is 357. The van der Waals surface area contributed by atoms with Crippen LogP contribution < -0.4 is 5.32 Å². The van der Waals surface area contributed by atoms with Crippen molar-refractivity contribution in [1.29, 1.82) is 0 Å². The minimum absolute atomic E-state index is 0.112. The van der Waals surface area contributed by atoms with Gasteiger partial charge in [-0.1, -0.05) is 6.92 Å². The van der Waals surface area contributed by atoms with E-state index >= 15 is 0 Å². The lowest BCUT2D eigenvalue weighted by Crippen LogP contribution is -2.25. The quantitative estimate of drug-likeness (QED) is 0.816. The molecule has 0 bridgehead atoms. The maximum atomic E-state index is 11.6. The number of carbonyl (C=O) groups excluding carboxylic acids is 1. The molecule has 0 aliphatic rings. The molecule has 0 aliphatic carbocycles. The standard InChI is InChI=1S/C13H23N3O/c1-5-7-14-11(2)12-6-8-16(9-12)10-13(17)15(3)4/h6,8-9,11,14H,5,7,10H2,1-4H3. The van der Waals surface area contributed by atoms with E-state index in [9.17, 15) is 4.79 Å². The summed E-state index contributed by atoms with van der Waals surface area (Å²) in [4.78, 5) is 13.2. The van der Waals surface area contributed by atoms with Gasteiger partial charge in [-0.2, -0.15) is 0 Å². The number of hydrogen-bond donors (Lipinski definition) is 1. The Balaban J connectivity index is 2.55. The molecule has 1 atom stereocenters. The largest absolute Gasteiger partial charge is 0.347 e. The molecule has 0 spiro atoms. The molecule has 17 heavy (non-hydrogen) atoms. The van der Waals surface area contributed by atoms with Gasteiger partial charge in [0, 0.05) is 32.5 Å². The summed E-state index contributed by atoms with van der Waals surface area (Å²) >= 11 is 0. The predicted octanol–water partition coefficient (Wildman–Crippen LogP) is 1.64. The van der Waals surface area contributed by atoms with E-state index < -0.39 is 0 Å². The fraction of sp³-hybridized carbons (Fsp3) is 0.615. The molecule has 4 nitrogen and oxygen atoms in total. The first-order valence-corrected chi connectivity index (χ1v) is 6.13. The van der Waals surface area contributed by atoms with Crippen molar-refractivity contribution in [2.75, 3.05) is 20.6 Å². The summed E-state index contributed by atoms with van der Waals surface area (Å²) in [7, 11) is 3.55. The number of amides is 1. The van der Waals surface area contributed by atoms with E-state index in [-0.39, 0.29) is 5.91 Å². The first-order valence-electron chi connectivity index (χ1n) is 6.13. The molecular formula is C13H23N3O. The number of carbonyl (C=O) groups is 1. The highest BCUT2D eigenvalue weighted by Crippen LogP contribution is 2.12. The third-order valence-electron chi connectivity index (χ3n) is 2.79. The number of rotatable bonds is 6. The lowest BCUT2D eigenvalue weighted by atomic mass is 10.2. The van der Waals surface area contributed by atoms with Gasteiger partial charge in [-0.25, -0.2) is 0 Å². The van der Waals surface area contributed by atoms with Gasteiger partial charge >= 0.3 is 0 Å². The number of nitrogens with zero attached hydrogens (tertiary/aromatic N) is 2. The topological polar surface area (TPSA) is 37.3 Å². The van der Waals surface area contributed by atoms with E-state index in [0.717, 1.165) is 13.0 Å². The molecule has 96 valence electrons. The second kappa shape index (κ2) is 6.45. The minimum atomic E-state index is 0.112. The van der Waals surface area contributed by atoms with Gasteiger partial charge in [0.2, 0.25) is 5.91 Å². The van der Waals surface area contributed by atoms with Gasteiger partial charge in [0.25, 0.3) is 0 Å². The summed E-state index contributed by atoms with van der Waals surface area (Å²) in [6, 6.07) is 2.40. The third kappa shape index (κ3) is 4.23. The zero-order valence-corrected chi connectivity index (χ0v) is 11.2. The Labute approximate surface area is 104 Å². The van der Waals surface area contributed by atoms with Gasteiger partial charge in [-0.05, 0) is 31.5 Å². The van der Waals surface area contributed by atoms with E-state index in [1.54, 1.807) is 19.0 Å². The molecule has 1 amide bonds. The van der Waals surface area contributed by atoms with Gasteiger partial charge in [-0.3, -0.25) is 4.79 Å². The fourth-order valence-corrected chi connectivity index (χ4v) is 1.59. The fourth-order valence-electron chi connectivity index (χ4n) is 1.59. The summed E-state index contributed by atoms with van der Waals surface area (Å²) in [6.45, 7) is 5.72. The van der Waals surface area contributed by atoms with Crippen molar-refractivity contribution >= 4 is 5.91 Å². The minimum Gasteiger partial charge on any atom is -0.347 e. The van der Waals surface area contributed by atoms with Crippen molar-refractivity contribution < 1.29 is 4.79 Å². The van der Waals surface area contributed by atoms with Gasteiger partial charge in [0.15, 0.2) is 0 Å². The van der Waals surface area contributed by atoms with Crippen LogP contribution in [-0.2, 0) is 11.3 Å². The van der Waals surface area contributed by atoms with Crippen LogP contribution in [0.3, 0.4) is 0 Å². The molecule has 0 saturated carbocycles. The monoisotopic (exact) mass is 237 g/mol. The first kappa shape index (κ1) is 13.8. The molecule has 1 N–H and O–H groups in total. The molecular weight excluding hydrogens is 214 g/mol. The number of hydrogen-bond acceptors (Lipinski definition) is 2. The summed E-state index contributed by atoms with van der Waals surface area (Å²) < 4.78 is 1.93. The van der Waals surface area contributed by atoms with Crippen molar-refractivity contribution in [2.45, 2.75) is 32.9 Å². The predicted molar refractivity (Wildman–Crippen MR) is 69.8 cm³/mol. The highest BCUT2D eigenvalue weighted by atomic mass is 16.2. The molecule has 0 radical (unpaired) electrons. The van der Waals surface area contributed by atoms with Gasteiger partial charge in [0.05, 0.1) is 0 Å². The molecule has 0 aromatic carbocycles. The van der Waals surface area contributed by atoms with Crippen LogP contribution in [0.4, 0.5) is 0 Å². The van der Waals surface area contributed by atoms with Crippen molar-refractivity contribution in [1.82, 2.24) is 14.8 Å². The molecule has 0 fully saturated rings. The molecule has 4 heteroatoms. The molecule has 1 heterocycles. The molecule has 1 unspecified atom stereocenters. The molecule has 1 aromatic heterocycles. The highest BCUT2D eigenvalue weighted by Gasteiger charge is 2.08. The van der Waals surface area contributed by atoms with E-state index in [0.29, 0.717) is 12.6 Å². The Morgan fingerprint density at radius 3 is 2.82 bits per heavy atom. The zero-order valence-electron chi connectivity index (χ0n) is 11.2. The first-order chi connectivity index (χ1) is 8.04. The Morgan fingerprint density at radius 2 is 2.24 bits per heavy atom. The molecule has 0 saturated heterocycles. The van der Waals surface area contributed by atoms with Crippen LogP contribution in [0, 0.1) is 0 Å². The summed E-state index contributed by atoms with van der Waals surface area (Å²) in [6.07, 6.45) is 5.12. The summed E-state index contributed by atoms with van der Waals surface area (Å²) in [5, 5.41) is 3.43. The van der Waals surface area contributed by atoms with Crippen LogP contribution in [0.15, 0.2) is 18.5 Å². The van der Waals surface area contributed by atoms with Crippen LogP contribution >= 0.6 is 0 Å². The van der Waals surface area contributed by atoms with Crippen molar-refractivity contribution in [2.24, 2.45) is 0 Å². The summed E-state index contributed by atoms with van der Waals surface area (Å²) in [5.41, 5.74) is 1.23. The second-order valence-corrected chi connectivity index (χ2v) is 4.58. The average molecular weight is 237 g/mol. The number of nitrogens with one attached hydrogen (secondary N) is 1. The Kier molecular flexibility index (Phi) is 5.22. The lowest BCUT2D eigenvalue weighted by Gasteiger charge is -2.12. The van der Waals surface area contributed by atoms with Crippen LogP contribution in [0.25, 0.3) is 0 Å². The van der Waals surface area contributed by atoms with E-state index in [2.05, 4.69) is 25.2 Å². The molecule has 1 aromatic rings. The maximum Gasteiger partial charge on any atom is 0.241 e. The van der Waals surface area contributed by atoms with Crippen LogP contribution in [-0.4, -0.2) is 36.0 Å². The normalized spacial score (nSPS) is 12.5. The maximum absolute atomic E-state index is 11.6. The summed E-state index contributed by atoms with van der Waals surface area (Å²) in [5.74, 6) is 0.112. The third-order valence-corrected chi connectivity index (χ3v) is 2.79. The second-order valence-electron chi connectivity index (χ2n) is 4.58. The highest BCUT2D eigenvalue weighted by molar-refractivity contribution is 5.75. The number of aromatic nitrogens is 1. The number of likely N-dealkylation sites (N-methyl/N-ethyl adjacent to an activating group) is 1. The molecule has 0 aliphatic heterocycles.